The Hall–Kier alpha value is -1.47. The summed E-state index contributed by atoms with van der Waals surface area (Å²) in [6.07, 6.45) is 0.726. The van der Waals surface area contributed by atoms with Gasteiger partial charge in [0.05, 0.1) is 19.9 Å². The number of rotatable bonds is 6. The van der Waals surface area contributed by atoms with Crippen LogP contribution in [0.25, 0.3) is 0 Å². The van der Waals surface area contributed by atoms with Crippen molar-refractivity contribution in [3.63, 3.8) is 0 Å². The van der Waals surface area contributed by atoms with Crippen molar-refractivity contribution in [1.82, 2.24) is 4.31 Å². The zero-order valence-electron chi connectivity index (χ0n) is 11.6. The number of nitrogens with two attached hydrogens (primary N) is 1. The minimum atomic E-state index is -3.62. The van der Waals surface area contributed by atoms with Crippen molar-refractivity contribution in [2.75, 3.05) is 33.5 Å². The molecule has 0 bridgehead atoms. The molecule has 0 heterocycles. The Bertz CT molecular complexity index is 543. The van der Waals surface area contributed by atoms with Gasteiger partial charge >= 0.3 is 0 Å². The predicted octanol–water partition coefficient (Wildman–Crippen LogP) is 1.32. The second-order valence-electron chi connectivity index (χ2n) is 4.07. The maximum atomic E-state index is 12.4. The molecule has 0 radical (unpaired) electrons. The highest BCUT2D eigenvalue weighted by Gasteiger charge is 2.25. The van der Waals surface area contributed by atoms with Gasteiger partial charge in [0, 0.05) is 19.7 Å². The summed E-state index contributed by atoms with van der Waals surface area (Å²) in [7, 11) is 0.775. The second-order valence-corrected chi connectivity index (χ2v) is 6.08. The summed E-state index contributed by atoms with van der Waals surface area (Å²) < 4.78 is 36.2. The highest BCUT2D eigenvalue weighted by atomic mass is 32.2. The maximum absolute atomic E-state index is 12.4. The van der Waals surface area contributed by atoms with Crippen LogP contribution in [-0.2, 0) is 10.0 Å². The summed E-state index contributed by atoms with van der Waals surface area (Å²) in [6, 6.07) is 2.83. The van der Waals surface area contributed by atoms with E-state index in [-0.39, 0.29) is 16.3 Å². The van der Waals surface area contributed by atoms with Crippen LogP contribution >= 0.6 is 0 Å². The molecule has 1 aromatic rings. The first kappa shape index (κ1) is 15.6. The van der Waals surface area contributed by atoms with Crippen molar-refractivity contribution in [3.8, 4) is 11.5 Å². The topological polar surface area (TPSA) is 81.9 Å². The Morgan fingerprint density at radius 3 is 2.26 bits per heavy atom. The van der Waals surface area contributed by atoms with Crippen molar-refractivity contribution < 1.29 is 17.9 Å². The van der Waals surface area contributed by atoms with Gasteiger partial charge in [0.15, 0.2) is 0 Å². The smallest absolute Gasteiger partial charge is 0.246 e. The number of anilines is 1. The number of sulfonamides is 1. The van der Waals surface area contributed by atoms with Gasteiger partial charge in [-0.3, -0.25) is 0 Å². The van der Waals surface area contributed by atoms with E-state index < -0.39 is 10.0 Å². The molecule has 0 atom stereocenters. The number of hydrogen-bond donors (Lipinski definition) is 1. The zero-order chi connectivity index (χ0) is 14.6. The molecule has 0 unspecified atom stereocenters. The molecule has 2 N–H and O–H groups in total. The lowest BCUT2D eigenvalue weighted by atomic mass is 10.3. The first-order valence-corrected chi connectivity index (χ1v) is 7.30. The summed E-state index contributed by atoms with van der Waals surface area (Å²) in [5, 5.41) is 0. The van der Waals surface area contributed by atoms with E-state index in [2.05, 4.69) is 0 Å². The molecule has 0 aliphatic carbocycles. The fourth-order valence-electron chi connectivity index (χ4n) is 1.70. The monoisotopic (exact) mass is 288 g/mol. The van der Waals surface area contributed by atoms with Crippen molar-refractivity contribution in [2.45, 2.75) is 18.2 Å². The summed E-state index contributed by atoms with van der Waals surface area (Å²) >= 11 is 0. The Morgan fingerprint density at radius 1 is 1.21 bits per heavy atom. The summed E-state index contributed by atoms with van der Waals surface area (Å²) in [5.74, 6) is 0.600. The van der Waals surface area contributed by atoms with E-state index >= 15 is 0 Å². The molecule has 0 aliphatic heterocycles. The molecule has 0 amide bonds. The largest absolute Gasteiger partial charge is 0.495 e. The Kier molecular flexibility index (Phi) is 5.02. The van der Waals surface area contributed by atoms with Gasteiger partial charge in [0.25, 0.3) is 0 Å². The van der Waals surface area contributed by atoms with Crippen LogP contribution < -0.4 is 15.2 Å². The Balaban J connectivity index is 3.37. The predicted molar refractivity (Wildman–Crippen MR) is 74.1 cm³/mol. The molecule has 1 rings (SSSR count). The van der Waals surface area contributed by atoms with E-state index in [9.17, 15) is 8.42 Å². The molecule has 0 spiro atoms. The molecule has 0 aromatic heterocycles. The molecule has 0 aliphatic rings. The van der Waals surface area contributed by atoms with Crippen LogP contribution in [0.3, 0.4) is 0 Å². The van der Waals surface area contributed by atoms with E-state index in [0.717, 1.165) is 6.42 Å². The second kappa shape index (κ2) is 6.12. The van der Waals surface area contributed by atoms with Gasteiger partial charge in [-0.15, -0.1) is 0 Å². The third-order valence-corrected chi connectivity index (χ3v) is 4.62. The van der Waals surface area contributed by atoms with Crippen molar-refractivity contribution in [3.05, 3.63) is 12.1 Å². The minimum Gasteiger partial charge on any atom is -0.495 e. The molecule has 1 aromatic carbocycles. The molecule has 19 heavy (non-hydrogen) atoms. The quantitative estimate of drug-likeness (QED) is 0.798. The number of nitrogens with zero attached hydrogens (tertiary/aromatic N) is 1. The van der Waals surface area contributed by atoms with Crippen LogP contribution in [0.5, 0.6) is 11.5 Å². The summed E-state index contributed by atoms with van der Waals surface area (Å²) in [5.41, 5.74) is 6.02. The minimum absolute atomic E-state index is 0.0456. The average Bonchev–Trinajstić information content (AvgIpc) is 2.38. The first-order chi connectivity index (χ1) is 8.88. The van der Waals surface area contributed by atoms with Crippen molar-refractivity contribution >= 4 is 15.7 Å². The highest BCUT2D eigenvalue weighted by molar-refractivity contribution is 7.89. The number of ether oxygens (including phenoxy) is 2. The van der Waals surface area contributed by atoms with E-state index in [4.69, 9.17) is 15.2 Å². The maximum Gasteiger partial charge on any atom is 0.246 e. The Morgan fingerprint density at radius 2 is 1.79 bits per heavy atom. The molecule has 0 saturated carbocycles. The van der Waals surface area contributed by atoms with E-state index in [1.165, 1.54) is 37.7 Å². The molecule has 7 heteroatoms. The standard InChI is InChI=1S/C12H20N2O4S/c1-5-6-14(2)19(15,16)12-7-9(13)10(17-3)8-11(12)18-4/h7-8H,5-6,13H2,1-4H3. The lowest BCUT2D eigenvalue weighted by molar-refractivity contribution is 0.384. The van der Waals surface area contributed by atoms with E-state index in [1.807, 2.05) is 6.92 Å². The molecule has 108 valence electrons. The third-order valence-electron chi connectivity index (χ3n) is 2.74. The SMILES string of the molecule is CCCN(C)S(=O)(=O)c1cc(N)c(OC)cc1OC. The molecular formula is C12H20N2O4S. The van der Waals surface area contributed by atoms with Crippen LogP contribution in [0.2, 0.25) is 0 Å². The van der Waals surface area contributed by atoms with E-state index in [0.29, 0.717) is 12.3 Å². The van der Waals surface area contributed by atoms with Crippen LogP contribution in [0.15, 0.2) is 17.0 Å². The Labute approximate surface area is 114 Å². The van der Waals surface area contributed by atoms with Gasteiger partial charge in [0.2, 0.25) is 10.0 Å². The molecular weight excluding hydrogens is 268 g/mol. The molecule has 6 nitrogen and oxygen atoms in total. The van der Waals surface area contributed by atoms with Gasteiger partial charge in [-0.2, -0.15) is 0 Å². The summed E-state index contributed by atoms with van der Waals surface area (Å²) in [4.78, 5) is 0.0456. The third kappa shape index (κ3) is 3.10. The van der Waals surface area contributed by atoms with Crippen LogP contribution in [-0.4, -0.2) is 40.5 Å². The zero-order valence-corrected chi connectivity index (χ0v) is 12.5. The first-order valence-electron chi connectivity index (χ1n) is 5.86. The van der Waals surface area contributed by atoms with Crippen LogP contribution in [0.4, 0.5) is 5.69 Å². The fourth-order valence-corrected chi connectivity index (χ4v) is 3.13. The lowest BCUT2D eigenvalue weighted by Gasteiger charge is -2.19. The number of hydrogen-bond acceptors (Lipinski definition) is 5. The van der Waals surface area contributed by atoms with Crippen molar-refractivity contribution in [2.24, 2.45) is 0 Å². The van der Waals surface area contributed by atoms with Gasteiger partial charge in [-0.05, 0) is 12.5 Å². The average molecular weight is 288 g/mol. The summed E-state index contributed by atoms with van der Waals surface area (Å²) in [6.45, 7) is 2.34. The van der Waals surface area contributed by atoms with Gasteiger partial charge in [-0.25, -0.2) is 12.7 Å². The molecule has 0 fully saturated rings. The van der Waals surface area contributed by atoms with Gasteiger partial charge < -0.3 is 15.2 Å². The highest BCUT2D eigenvalue weighted by Crippen LogP contribution is 2.34. The normalized spacial score (nSPS) is 11.6. The van der Waals surface area contributed by atoms with Crippen LogP contribution in [0.1, 0.15) is 13.3 Å². The van der Waals surface area contributed by atoms with Gasteiger partial charge in [-0.1, -0.05) is 6.92 Å². The van der Waals surface area contributed by atoms with Gasteiger partial charge in [0.1, 0.15) is 16.4 Å². The van der Waals surface area contributed by atoms with E-state index in [1.54, 1.807) is 0 Å². The number of benzene rings is 1. The lowest BCUT2D eigenvalue weighted by Crippen LogP contribution is -2.28. The number of nitrogen functional groups attached to an aromatic ring is 1. The van der Waals surface area contributed by atoms with Crippen LogP contribution in [0, 0.1) is 0 Å². The number of methoxy groups -OCH3 is 2. The fraction of sp³-hybridized carbons (Fsp3) is 0.500. The van der Waals surface area contributed by atoms with Crippen molar-refractivity contribution in [1.29, 1.82) is 0 Å². The molecule has 0 saturated heterocycles.